The summed E-state index contributed by atoms with van der Waals surface area (Å²) in [6.45, 7) is 1.000. The summed E-state index contributed by atoms with van der Waals surface area (Å²) in [6.07, 6.45) is 0. The second kappa shape index (κ2) is 4.68. The van der Waals surface area contributed by atoms with Crippen LogP contribution in [0, 0.1) is 0 Å². The lowest BCUT2D eigenvalue weighted by molar-refractivity contribution is 0.406. The van der Waals surface area contributed by atoms with Gasteiger partial charge in [-0.3, -0.25) is 0 Å². The zero-order chi connectivity index (χ0) is 11.5. The molecular weight excluding hydrogens is 216 g/mol. The minimum atomic E-state index is 0.814. The number of nitrogens with zero attached hydrogens (tertiary/aromatic N) is 1. The third-order valence-corrected chi connectivity index (χ3v) is 3.45. The van der Waals surface area contributed by atoms with Crippen LogP contribution in [0.1, 0.15) is 4.88 Å². The predicted octanol–water partition coefficient (Wildman–Crippen LogP) is 3.06. The highest BCUT2D eigenvalue weighted by Gasteiger charge is 2.03. The van der Waals surface area contributed by atoms with E-state index in [9.17, 15) is 0 Å². The smallest absolute Gasteiger partial charge is 0.0346 e. The summed E-state index contributed by atoms with van der Waals surface area (Å²) in [5, 5.41) is 0. The summed E-state index contributed by atoms with van der Waals surface area (Å²) < 4.78 is 0. The SMILES string of the molecule is CN(C)Cc1ccc(-c2ccc(N)cc2)s1. The van der Waals surface area contributed by atoms with Crippen LogP contribution in [0.4, 0.5) is 5.69 Å². The number of nitrogens with two attached hydrogens (primary N) is 1. The normalized spacial score (nSPS) is 10.9. The molecule has 0 aliphatic rings. The lowest BCUT2D eigenvalue weighted by atomic mass is 10.2. The number of anilines is 1. The Morgan fingerprint density at radius 2 is 1.75 bits per heavy atom. The van der Waals surface area contributed by atoms with E-state index in [4.69, 9.17) is 5.73 Å². The van der Waals surface area contributed by atoms with Crippen molar-refractivity contribution in [1.29, 1.82) is 0 Å². The van der Waals surface area contributed by atoms with Gasteiger partial charge in [-0.2, -0.15) is 0 Å². The van der Waals surface area contributed by atoms with Gasteiger partial charge in [0.15, 0.2) is 0 Å². The van der Waals surface area contributed by atoms with Crippen molar-refractivity contribution in [3.8, 4) is 10.4 Å². The first-order valence-corrected chi connectivity index (χ1v) is 6.06. The molecule has 1 aromatic heterocycles. The summed E-state index contributed by atoms with van der Waals surface area (Å²) in [4.78, 5) is 4.87. The Labute approximate surface area is 100 Å². The van der Waals surface area contributed by atoms with Gasteiger partial charge in [0.2, 0.25) is 0 Å². The molecule has 0 unspecified atom stereocenters. The molecule has 84 valence electrons. The zero-order valence-corrected chi connectivity index (χ0v) is 10.4. The number of nitrogen functional groups attached to an aromatic ring is 1. The topological polar surface area (TPSA) is 29.3 Å². The molecule has 2 N–H and O–H groups in total. The standard InChI is InChI=1S/C13H16N2S/c1-15(2)9-12-7-8-13(16-12)10-3-5-11(14)6-4-10/h3-8H,9,14H2,1-2H3. The summed E-state index contributed by atoms with van der Waals surface area (Å²) in [5.74, 6) is 0. The van der Waals surface area contributed by atoms with Crippen LogP contribution >= 0.6 is 11.3 Å². The Morgan fingerprint density at radius 3 is 2.38 bits per heavy atom. The first kappa shape index (κ1) is 11.2. The van der Waals surface area contributed by atoms with E-state index in [1.807, 2.05) is 23.5 Å². The van der Waals surface area contributed by atoms with Gasteiger partial charge in [-0.1, -0.05) is 12.1 Å². The van der Waals surface area contributed by atoms with E-state index in [2.05, 4.69) is 43.3 Å². The first-order valence-electron chi connectivity index (χ1n) is 5.24. The van der Waals surface area contributed by atoms with Crippen LogP contribution in [0.15, 0.2) is 36.4 Å². The van der Waals surface area contributed by atoms with Crippen LogP contribution < -0.4 is 5.73 Å². The summed E-state index contributed by atoms with van der Waals surface area (Å²) in [6, 6.07) is 12.4. The molecule has 0 spiro atoms. The number of rotatable bonds is 3. The molecule has 1 aromatic carbocycles. The summed E-state index contributed by atoms with van der Waals surface area (Å²) in [7, 11) is 4.17. The molecule has 0 saturated heterocycles. The van der Waals surface area contributed by atoms with Crippen molar-refractivity contribution < 1.29 is 0 Å². The highest BCUT2D eigenvalue weighted by atomic mass is 32.1. The maximum Gasteiger partial charge on any atom is 0.0346 e. The fourth-order valence-electron chi connectivity index (χ4n) is 1.58. The molecule has 0 bridgehead atoms. The number of benzene rings is 1. The number of hydrogen-bond acceptors (Lipinski definition) is 3. The van der Waals surface area contributed by atoms with E-state index in [1.54, 1.807) is 0 Å². The maximum atomic E-state index is 5.67. The molecule has 2 nitrogen and oxygen atoms in total. The van der Waals surface area contributed by atoms with E-state index in [0.29, 0.717) is 0 Å². The molecule has 2 aromatic rings. The van der Waals surface area contributed by atoms with Crippen LogP contribution in [-0.2, 0) is 6.54 Å². The predicted molar refractivity (Wildman–Crippen MR) is 71.6 cm³/mol. The minimum Gasteiger partial charge on any atom is -0.399 e. The van der Waals surface area contributed by atoms with Gasteiger partial charge in [0, 0.05) is 22.0 Å². The molecule has 16 heavy (non-hydrogen) atoms. The van der Waals surface area contributed by atoms with E-state index in [0.717, 1.165) is 12.2 Å². The lowest BCUT2D eigenvalue weighted by Gasteiger charge is -2.06. The van der Waals surface area contributed by atoms with Gasteiger partial charge >= 0.3 is 0 Å². The highest BCUT2D eigenvalue weighted by Crippen LogP contribution is 2.28. The molecule has 1 heterocycles. The van der Waals surface area contributed by atoms with Gasteiger partial charge in [0.25, 0.3) is 0 Å². The number of hydrogen-bond donors (Lipinski definition) is 1. The van der Waals surface area contributed by atoms with Crippen LogP contribution in [0.3, 0.4) is 0 Å². The second-order valence-corrected chi connectivity index (χ2v) is 5.29. The van der Waals surface area contributed by atoms with E-state index >= 15 is 0 Å². The molecule has 2 rings (SSSR count). The Hall–Kier alpha value is -1.32. The zero-order valence-electron chi connectivity index (χ0n) is 9.60. The summed E-state index contributed by atoms with van der Waals surface area (Å²) >= 11 is 1.84. The van der Waals surface area contributed by atoms with Crippen LogP contribution in [0.2, 0.25) is 0 Å². The Bertz CT molecular complexity index is 457. The monoisotopic (exact) mass is 232 g/mol. The average Bonchev–Trinajstić information content (AvgIpc) is 2.66. The molecule has 0 fully saturated rings. The molecule has 0 saturated carbocycles. The molecule has 3 heteroatoms. The van der Waals surface area contributed by atoms with Crippen molar-refractivity contribution in [3.05, 3.63) is 41.3 Å². The Kier molecular flexibility index (Phi) is 3.27. The van der Waals surface area contributed by atoms with Crippen LogP contribution in [-0.4, -0.2) is 19.0 Å². The third-order valence-electron chi connectivity index (χ3n) is 2.33. The molecular formula is C13H16N2S. The third kappa shape index (κ3) is 2.62. The first-order chi connectivity index (χ1) is 7.65. The van der Waals surface area contributed by atoms with Crippen molar-refractivity contribution >= 4 is 17.0 Å². The van der Waals surface area contributed by atoms with E-state index in [-0.39, 0.29) is 0 Å². The highest BCUT2D eigenvalue weighted by molar-refractivity contribution is 7.15. The molecule has 0 amide bonds. The maximum absolute atomic E-state index is 5.67. The van der Waals surface area contributed by atoms with Crippen LogP contribution in [0.25, 0.3) is 10.4 Å². The van der Waals surface area contributed by atoms with Gasteiger partial charge in [0.1, 0.15) is 0 Å². The van der Waals surface area contributed by atoms with Gasteiger partial charge in [-0.05, 0) is 43.9 Å². The quantitative estimate of drug-likeness (QED) is 0.824. The van der Waals surface area contributed by atoms with Crippen molar-refractivity contribution in [1.82, 2.24) is 4.90 Å². The molecule has 0 atom stereocenters. The largest absolute Gasteiger partial charge is 0.399 e. The van der Waals surface area contributed by atoms with Crippen LogP contribution in [0.5, 0.6) is 0 Å². The fourth-order valence-corrected chi connectivity index (χ4v) is 2.71. The van der Waals surface area contributed by atoms with Crippen molar-refractivity contribution in [2.75, 3.05) is 19.8 Å². The summed E-state index contributed by atoms with van der Waals surface area (Å²) in [5.41, 5.74) is 7.73. The van der Waals surface area contributed by atoms with Gasteiger partial charge in [0.05, 0.1) is 0 Å². The van der Waals surface area contributed by atoms with E-state index < -0.39 is 0 Å². The Morgan fingerprint density at radius 1 is 1.06 bits per heavy atom. The van der Waals surface area contributed by atoms with Gasteiger partial charge in [-0.15, -0.1) is 11.3 Å². The second-order valence-electron chi connectivity index (χ2n) is 4.13. The lowest BCUT2D eigenvalue weighted by Crippen LogP contribution is -2.09. The van der Waals surface area contributed by atoms with Gasteiger partial charge < -0.3 is 10.6 Å². The van der Waals surface area contributed by atoms with E-state index in [1.165, 1.54) is 15.3 Å². The minimum absolute atomic E-state index is 0.814. The molecule has 0 aliphatic carbocycles. The van der Waals surface area contributed by atoms with Crippen molar-refractivity contribution in [3.63, 3.8) is 0 Å². The van der Waals surface area contributed by atoms with Crippen molar-refractivity contribution in [2.45, 2.75) is 6.54 Å². The fraction of sp³-hybridized carbons (Fsp3) is 0.231. The average molecular weight is 232 g/mol. The Balaban J connectivity index is 2.21. The number of thiophene rings is 1. The van der Waals surface area contributed by atoms with Gasteiger partial charge in [-0.25, -0.2) is 0 Å². The molecule has 0 radical (unpaired) electrons. The van der Waals surface area contributed by atoms with Crippen molar-refractivity contribution in [2.24, 2.45) is 0 Å². The molecule has 0 aliphatic heterocycles.